The molecule has 0 heterocycles. The van der Waals surface area contributed by atoms with Crippen LogP contribution >= 0.6 is 0 Å². The molecule has 1 amide bonds. The molecule has 0 aromatic heterocycles. The number of ether oxygens (including phenoxy) is 7. The number of amides is 1. The summed E-state index contributed by atoms with van der Waals surface area (Å²) < 4.78 is 39.2. The fourth-order valence-electron chi connectivity index (χ4n) is 4.48. The Kier molecular flexibility index (Phi) is 23.2. The van der Waals surface area contributed by atoms with Crippen molar-refractivity contribution in [1.82, 2.24) is 10.2 Å². The molecule has 0 fully saturated rings. The summed E-state index contributed by atoms with van der Waals surface area (Å²) in [5, 5.41) is 2.96. The van der Waals surface area contributed by atoms with Crippen LogP contribution in [0.5, 0.6) is 5.75 Å². The zero-order chi connectivity index (χ0) is 35.0. The van der Waals surface area contributed by atoms with Crippen LogP contribution in [0.4, 0.5) is 0 Å². The van der Waals surface area contributed by atoms with E-state index in [2.05, 4.69) is 84.8 Å². The predicted molar refractivity (Wildman–Crippen MR) is 189 cm³/mol. The Balaban J connectivity index is 1.81. The number of nitrogens with one attached hydrogen (secondary N) is 1. The van der Waals surface area contributed by atoms with Crippen LogP contribution in [0, 0.1) is 19.3 Å². The number of nitrogens with zero attached hydrogens (tertiary/aromatic N) is 1. The molecular formula is C37H68N2O8. The van der Waals surface area contributed by atoms with Gasteiger partial charge in [0.1, 0.15) is 12.4 Å². The van der Waals surface area contributed by atoms with E-state index in [1.165, 1.54) is 12.0 Å². The van der Waals surface area contributed by atoms with Crippen molar-refractivity contribution in [2.45, 2.75) is 80.1 Å². The topological polar surface area (TPSA) is 97.0 Å². The molecule has 0 bridgehead atoms. The monoisotopic (exact) mass is 668 g/mol. The second kappa shape index (κ2) is 25.2. The van der Waals surface area contributed by atoms with Gasteiger partial charge >= 0.3 is 0 Å². The summed E-state index contributed by atoms with van der Waals surface area (Å²) in [6.07, 6.45) is 2.48. The Hall–Kier alpha value is -1.79. The van der Waals surface area contributed by atoms with Crippen molar-refractivity contribution in [2.75, 3.05) is 113 Å². The maximum Gasteiger partial charge on any atom is 0.222 e. The van der Waals surface area contributed by atoms with E-state index in [9.17, 15) is 4.79 Å². The molecule has 1 rings (SSSR count). The van der Waals surface area contributed by atoms with Gasteiger partial charge in [0.15, 0.2) is 0 Å². The molecule has 0 saturated carbocycles. The molecule has 0 spiro atoms. The SMILES string of the molecule is Cc1cc(C(C)(C)C)cc(C)c1OCCOCCOCCOCCOCCOCCOCCC(=O)NCCCN(C)CCC(C)(C)C. The van der Waals surface area contributed by atoms with Crippen LogP contribution in [-0.2, 0) is 38.6 Å². The number of carbonyl (C=O) groups is 1. The summed E-state index contributed by atoms with van der Waals surface area (Å²) in [6, 6.07) is 4.42. The van der Waals surface area contributed by atoms with Gasteiger partial charge in [-0.2, -0.15) is 0 Å². The molecule has 10 heteroatoms. The Morgan fingerprint density at radius 1 is 0.660 bits per heavy atom. The minimum absolute atomic E-state index is 0.0278. The molecule has 0 aliphatic carbocycles. The lowest BCUT2D eigenvalue weighted by atomic mass is 9.85. The number of hydrogen-bond acceptors (Lipinski definition) is 9. The van der Waals surface area contributed by atoms with Gasteiger partial charge in [0.2, 0.25) is 5.91 Å². The number of aryl methyl sites for hydroxylation is 2. The Labute approximate surface area is 286 Å². The fourth-order valence-corrected chi connectivity index (χ4v) is 4.48. The van der Waals surface area contributed by atoms with Crippen LogP contribution < -0.4 is 10.1 Å². The third-order valence-electron chi connectivity index (χ3n) is 7.42. The van der Waals surface area contributed by atoms with Gasteiger partial charge in [0, 0.05) is 13.0 Å². The summed E-state index contributed by atoms with van der Waals surface area (Å²) in [5.41, 5.74) is 4.10. The lowest BCUT2D eigenvalue weighted by molar-refractivity contribution is -0.122. The van der Waals surface area contributed by atoms with Crippen LogP contribution in [0.25, 0.3) is 0 Å². The molecule has 0 saturated heterocycles. The summed E-state index contributed by atoms with van der Waals surface area (Å²) in [6.45, 7) is 26.8. The highest BCUT2D eigenvalue weighted by molar-refractivity contribution is 5.75. The quantitative estimate of drug-likeness (QED) is 0.119. The lowest BCUT2D eigenvalue weighted by Gasteiger charge is -2.23. The summed E-state index contributed by atoms with van der Waals surface area (Å²) in [5.74, 6) is 0.974. The normalized spacial score (nSPS) is 12.2. The van der Waals surface area contributed by atoms with Crippen molar-refractivity contribution in [1.29, 1.82) is 0 Å². The van der Waals surface area contributed by atoms with Crippen molar-refractivity contribution in [3.63, 3.8) is 0 Å². The summed E-state index contributed by atoms with van der Waals surface area (Å²) in [4.78, 5) is 14.3. The van der Waals surface area contributed by atoms with E-state index < -0.39 is 0 Å². The maximum atomic E-state index is 11.9. The van der Waals surface area contributed by atoms with Crippen LogP contribution in [0.3, 0.4) is 0 Å². The van der Waals surface area contributed by atoms with Gasteiger partial charge in [0.25, 0.3) is 0 Å². The van der Waals surface area contributed by atoms with Gasteiger partial charge in [0.05, 0.1) is 79.3 Å². The number of benzene rings is 1. The molecule has 10 nitrogen and oxygen atoms in total. The maximum absolute atomic E-state index is 11.9. The third-order valence-corrected chi connectivity index (χ3v) is 7.42. The number of rotatable bonds is 28. The minimum Gasteiger partial charge on any atom is -0.491 e. The summed E-state index contributed by atoms with van der Waals surface area (Å²) >= 11 is 0. The fraction of sp³-hybridized carbons (Fsp3) is 0.811. The number of hydrogen-bond donors (Lipinski definition) is 1. The molecule has 274 valence electrons. The van der Waals surface area contributed by atoms with Crippen molar-refractivity contribution >= 4 is 5.91 Å². The molecule has 47 heavy (non-hydrogen) atoms. The van der Waals surface area contributed by atoms with Gasteiger partial charge < -0.3 is 43.4 Å². The van der Waals surface area contributed by atoms with E-state index in [-0.39, 0.29) is 11.3 Å². The molecule has 0 aliphatic rings. The van der Waals surface area contributed by atoms with E-state index in [0.717, 1.165) is 36.4 Å². The molecule has 1 aromatic rings. The van der Waals surface area contributed by atoms with E-state index >= 15 is 0 Å². The molecule has 0 radical (unpaired) electrons. The Morgan fingerprint density at radius 2 is 1.09 bits per heavy atom. The van der Waals surface area contributed by atoms with E-state index in [0.29, 0.717) is 104 Å². The van der Waals surface area contributed by atoms with E-state index in [4.69, 9.17) is 33.2 Å². The average molecular weight is 669 g/mol. The van der Waals surface area contributed by atoms with Gasteiger partial charge in [-0.25, -0.2) is 0 Å². The first kappa shape index (κ1) is 43.2. The van der Waals surface area contributed by atoms with Crippen LogP contribution in [0.2, 0.25) is 0 Å². The van der Waals surface area contributed by atoms with Crippen molar-refractivity contribution in [2.24, 2.45) is 5.41 Å². The molecule has 0 atom stereocenters. The highest BCUT2D eigenvalue weighted by Gasteiger charge is 2.17. The van der Waals surface area contributed by atoms with Crippen molar-refractivity contribution in [3.05, 3.63) is 28.8 Å². The van der Waals surface area contributed by atoms with E-state index in [1.54, 1.807) is 0 Å². The van der Waals surface area contributed by atoms with Crippen LogP contribution in [0.15, 0.2) is 12.1 Å². The van der Waals surface area contributed by atoms with Crippen LogP contribution in [-0.4, -0.2) is 123 Å². The lowest BCUT2D eigenvalue weighted by Crippen LogP contribution is -2.30. The second-order valence-corrected chi connectivity index (χ2v) is 14.3. The van der Waals surface area contributed by atoms with Crippen molar-refractivity contribution < 1.29 is 38.0 Å². The minimum atomic E-state index is 0.0278. The first-order chi connectivity index (χ1) is 22.3. The zero-order valence-corrected chi connectivity index (χ0v) is 31.3. The Bertz CT molecular complexity index is 922. The Morgan fingerprint density at radius 3 is 1.51 bits per heavy atom. The van der Waals surface area contributed by atoms with Gasteiger partial charge in [-0.15, -0.1) is 0 Å². The van der Waals surface area contributed by atoms with Gasteiger partial charge in [-0.05, 0) is 74.3 Å². The highest BCUT2D eigenvalue weighted by Crippen LogP contribution is 2.31. The molecule has 1 aromatic carbocycles. The average Bonchev–Trinajstić information content (AvgIpc) is 2.99. The van der Waals surface area contributed by atoms with Crippen LogP contribution in [0.1, 0.15) is 77.5 Å². The van der Waals surface area contributed by atoms with Gasteiger partial charge in [-0.3, -0.25) is 4.79 Å². The molecule has 0 aliphatic heterocycles. The standard InChI is InChI=1S/C37H68N2O8/c1-31-29-33(37(6,7)8)30-32(2)35(31)47-28-27-46-26-25-45-24-23-44-22-21-43-20-19-42-18-17-41-16-11-34(40)38-13-10-14-39(9)15-12-36(3,4)5/h29-30H,10-28H2,1-9H3,(H,38,40). The predicted octanol–water partition coefficient (Wildman–Crippen LogP) is 5.34. The molecule has 0 unspecified atom stereocenters. The smallest absolute Gasteiger partial charge is 0.222 e. The summed E-state index contributed by atoms with van der Waals surface area (Å²) in [7, 11) is 2.13. The molecular weight excluding hydrogens is 600 g/mol. The number of carbonyl (C=O) groups excluding carboxylic acids is 1. The van der Waals surface area contributed by atoms with Crippen molar-refractivity contribution in [3.8, 4) is 5.75 Å². The third kappa shape index (κ3) is 24.1. The highest BCUT2D eigenvalue weighted by atomic mass is 16.6. The molecule has 1 N–H and O–H groups in total. The zero-order valence-electron chi connectivity index (χ0n) is 31.3. The first-order valence-electron chi connectivity index (χ1n) is 17.5. The second-order valence-electron chi connectivity index (χ2n) is 14.3. The van der Waals surface area contributed by atoms with E-state index in [1.807, 2.05) is 0 Å². The van der Waals surface area contributed by atoms with Gasteiger partial charge in [-0.1, -0.05) is 53.7 Å². The largest absolute Gasteiger partial charge is 0.491 e. The first-order valence-corrected chi connectivity index (χ1v) is 17.5.